The fraction of sp³-hybridized carbons (Fsp3) is 0.500. The fourth-order valence-electron chi connectivity index (χ4n) is 4.65. The predicted octanol–water partition coefficient (Wildman–Crippen LogP) is 5.75. The molecule has 1 saturated heterocycles. The highest BCUT2D eigenvalue weighted by molar-refractivity contribution is 5.82. The van der Waals surface area contributed by atoms with E-state index in [1.807, 2.05) is 17.0 Å². The molecule has 0 bridgehead atoms. The van der Waals surface area contributed by atoms with Gasteiger partial charge in [0, 0.05) is 31.4 Å². The minimum Gasteiger partial charge on any atom is -0.365 e. The van der Waals surface area contributed by atoms with E-state index in [4.69, 9.17) is 5.73 Å². The normalized spacial score (nSPS) is 16.0. The first-order chi connectivity index (χ1) is 16.8. The second-order valence-electron chi connectivity index (χ2n) is 10.2. The van der Waals surface area contributed by atoms with Gasteiger partial charge in [0.05, 0.1) is 6.04 Å². The standard InChI is InChI=1S/C30H42FN3O/c1-5-23(4)29(32)30(35)33-19-17-28(18-20-33)34(21-16-22(2)3)27-14-10-25(11-15-27)7-6-24-8-12-26(31)13-9-24/h8-16,23,28-29H,5-7,17-21,32H2,1-4H3/t23?,29-/m0/s1. The Morgan fingerprint density at radius 1 is 1.06 bits per heavy atom. The number of nitrogens with zero attached hydrogens (tertiary/aromatic N) is 2. The Hall–Kier alpha value is -2.66. The first-order valence-electron chi connectivity index (χ1n) is 13.1. The van der Waals surface area contributed by atoms with Gasteiger partial charge >= 0.3 is 0 Å². The third kappa shape index (κ3) is 7.66. The molecule has 1 aliphatic rings. The van der Waals surface area contributed by atoms with Crippen molar-refractivity contribution < 1.29 is 9.18 Å². The maximum absolute atomic E-state index is 13.1. The number of hydrogen-bond acceptors (Lipinski definition) is 3. The van der Waals surface area contributed by atoms with E-state index >= 15 is 0 Å². The number of aryl methyl sites for hydroxylation is 2. The van der Waals surface area contributed by atoms with Crippen molar-refractivity contribution in [3.63, 3.8) is 0 Å². The van der Waals surface area contributed by atoms with Crippen molar-refractivity contribution in [2.75, 3.05) is 24.5 Å². The molecule has 1 aliphatic heterocycles. The summed E-state index contributed by atoms with van der Waals surface area (Å²) in [5, 5.41) is 0. The molecule has 1 fully saturated rings. The van der Waals surface area contributed by atoms with Crippen LogP contribution in [0.15, 0.2) is 60.2 Å². The average molecular weight is 480 g/mol. The van der Waals surface area contributed by atoms with E-state index < -0.39 is 6.04 Å². The molecular formula is C30H42FN3O. The monoisotopic (exact) mass is 479 g/mol. The van der Waals surface area contributed by atoms with Crippen molar-refractivity contribution in [1.29, 1.82) is 0 Å². The maximum atomic E-state index is 13.1. The molecular weight excluding hydrogens is 437 g/mol. The van der Waals surface area contributed by atoms with Crippen LogP contribution in [0.5, 0.6) is 0 Å². The molecule has 2 aromatic carbocycles. The number of carbonyl (C=O) groups excluding carboxylic acids is 1. The minimum atomic E-state index is -0.402. The summed E-state index contributed by atoms with van der Waals surface area (Å²) in [5.41, 5.74) is 11.2. The Morgan fingerprint density at radius 3 is 2.11 bits per heavy atom. The van der Waals surface area contributed by atoms with Gasteiger partial charge in [0.15, 0.2) is 0 Å². The maximum Gasteiger partial charge on any atom is 0.239 e. The van der Waals surface area contributed by atoms with Crippen LogP contribution in [-0.2, 0) is 17.6 Å². The smallest absolute Gasteiger partial charge is 0.239 e. The summed E-state index contributed by atoms with van der Waals surface area (Å²) in [6, 6.07) is 15.6. The van der Waals surface area contributed by atoms with Crippen LogP contribution in [0.4, 0.5) is 10.1 Å². The van der Waals surface area contributed by atoms with E-state index in [0.29, 0.717) is 6.04 Å². The van der Waals surface area contributed by atoms with Gasteiger partial charge in [-0.15, -0.1) is 0 Å². The lowest BCUT2D eigenvalue weighted by molar-refractivity contribution is -0.134. The molecule has 35 heavy (non-hydrogen) atoms. The second kappa shape index (κ2) is 12.9. The molecule has 0 aliphatic carbocycles. The van der Waals surface area contributed by atoms with Crippen LogP contribution in [0, 0.1) is 11.7 Å². The van der Waals surface area contributed by atoms with Crippen molar-refractivity contribution in [2.24, 2.45) is 11.7 Å². The summed E-state index contributed by atoms with van der Waals surface area (Å²) in [5.74, 6) is 0.109. The van der Waals surface area contributed by atoms with Gasteiger partial charge in [-0.1, -0.05) is 56.2 Å². The number of halogens is 1. The Bertz CT molecular complexity index is 958. The van der Waals surface area contributed by atoms with Crippen LogP contribution in [0.3, 0.4) is 0 Å². The lowest BCUT2D eigenvalue weighted by atomic mass is 9.96. The van der Waals surface area contributed by atoms with Crippen molar-refractivity contribution in [3.05, 3.63) is 77.1 Å². The summed E-state index contributed by atoms with van der Waals surface area (Å²) in [6.07, 6.45) is 6.91. The molecule has 1 amide bonds. The Balaban J connectivity index is 1.64. The van der Waals surface area contributed by atoms with E-state index in [-0.39, 0.29) is 17.6 Å². The Morgan fingerprint density at radius 2 is 1.60 bits per heavy atom. The van der Waals surface area contributed by atoms with Gasteiger partial charge in [-0.3, -0.25) is 4.79 Å². The number of hydrogen-bond donors (Lipinski definition) is 1. The van der Waals surface area contributed by atoms with Crippen LogP contribution in [0.1, 0.15) is 58.1 Å². The number of nitrogens with two attached hydrogens (primary N) is 1. The predicted molar refractivity (Wildman–Crippen MR) is 144 cm³/mol. The number of rotatable bonds is 10. The average Bonchev–Trinajstić information content (AvgIpc) is 2.88. The molecule has 2 aromatic rings. The van der Waals surface area contributed by atoms with E-state index in [1.165, 1.54) is 29.0 Å². The minimum absolute atomic E-state index is 0.0964. The highest BCUT2D eigenvalue weighted by Crippen LogP contribution is 2.26. The topological polar surface area (TPSA) is 49.6 Å². The van der Waals surface area contributed by atoms with Gasteiger partial charge in [-0.05, 0) is 80.8 Å². The van der Waals surface area contributed by atoms with Crippen LogP contribution in [0.2, 0.25) is 0 Å². The van der Waals surface area contributed by atoms with Gasteiger partial charge in [-0.25, -0.2) is 4.39 Å². The lowest BCUT2D eigenvalue weighted by Gasteiger charge is -2.40. The SMILES string of the molecule is CCC(C)[C@H](N)C(=O)N1CCC(N(CC=C(C)C)c2ccc(CCc3ccc(F)cc3)cc2)CC1. The molecule has 4 nitrogen and oxygen atoms in total. The molecule has 2 atom stereocenters. The number of allylic oxidation sites excluding steroid dienone is 1. The molecule has 1 heterocycles. The molecule has 0 aromatic heterocycles. The summed E-state index contributed by atoms with van der Waals surface area (Å²) in [4.78, 5) is 17.3. The summed E-state index contributed by atoms with van der Waals surface area (Å²) < 4.78 is 13.1. The van der Waals surface area contributed by atoms with Gasteiger partial charge in [0.1, 0.15) is 5.82 Å². The van der Waals surface area contributed by atoms with Crippen molar-refractivity contribution >= 4 is 11.6 Å². The number of likely N-dealkylation sites (tertiary alicyclic amines) is 1. The van der Waals surface area contributed by atoms with Crippen molar-refractivity contribution in [2.45, 2.75) is 71.9 Å². The molecule has 3 rings (SSSR count). The largest absolute Gasteiger partial charge is 0.365 e. The molecule has 2 N–H and O–H groups in total. The van der Waals surface area contributed by atoms with Gasteiger partial charge in [0.25, 0.3) is 0 Å². The van der Waals surface area contributed by atoms with Gasteiger partial charge in [0.2, 0.25) is 5.91 Å². The first kappa shape index (κ1) is 26.9. The molecule has 5 heteroatoms. The third-order valence-electron chi connectivity index (χ3n) is 7.34. The first-order valence-corrected chi connectivity index (χ1v) is 13.1. The zero-order chi connectivity index (χ0) is 25.4. The zero-order valence-electron chi connectivity index (χ0n) is 21.8. The van der Waals surface area contributed by atoms with Crippen LogP contribution in [0.25, 0.3) is 0 Å². The van der Waals surface area contributed by atoms with E-state index in [1.54, 1.807) is 0 Å². The number of carbonyl (C=O) groups is 1. The highest BCUT2D eigenvalue weighted by atomic mass is 19.1. The number of benzene rings is 2. The van der Waals surface area contributed by atoms with Crippen molar-refractivity contribution in [3.8, 4) is 0 Å². The lowest BCUT2D eigenvalue weighted by Crippen LogP contribution is -2.52. The molecule has 0 spiro atoms. The van der Waals surface area contributed by atoms with E-state index in [0.717, 1.165) is 57.3 Å². The zero-order valence-corrected chi connectivity index (χ0v) is 21.8. The molecule has 0 radical (unpaired) electrons. The molecule has 190 valence electrons. The highest BCUT2D eigenvalue weighted by Gasteiger charge is 2.30. The van der Waals surface area contributed by atoms with Crippen LogP contribution >= 0.6 is 0 Å². The second-order valence-corrected chi connectivity index (χ2v) is 10.2. The summed E-state index contributed by atoms with van der Waals surface area (Å²) in [7, 11) is 0. The number of anilines is 1. The number of piperidine rings is 1. The summed E-state index contributed by atoms with van der Waals surface area (Å²) in [6.45, 7) is 10.8. The molecule has 1 unspecified atom stereocenters. The fourth-order valence-corrected chi connectivity index (χ4v) is 4.65. The quantitative estimate of drug-likeness (QED) is 0.442. The van der Waals surface area contributed by atoms with Gasteiger partial charge in [-0.2, -0.15) is 0 Å². The summed E-state index contributed by atoms with van der Waals surface area (Å²) >= 11 is 0. The van der Waals surface area contributed by atoms with E-state index in [2.05, 4.69) is 62.9 Å². The Labute approximate surface area is 211 Å². The molecule has 0 saturated carbocycles. The number of amides is 1. The van der Waals surface area contributed by atoms with Gasteiger partial charge < -0.3 is 15.5 Å². The van der Waals surface area contributed by atoms with Crippen molar-refractivity contribution in [1.82, 2.24) is 4.90 Å². The van der Waals surface area contributed by atoms with Crippen LogP contribution in [-0.4, -0.2) is 42.5 Å². The van der Waals surface area contributed by atoms with Crippen LogP contribution < -0.4 is 10.6 Å². The third-order valence-corrected chi connectivity index (χ3v) is 7.34. The van der Waals surface area contributed by atoms with E-state index in [9.17, 15) is 9.18 Å². The Kier molecular flexibility index (Phi) is 9.91.